The van der Waals surface area contributed by atoms with Crippen molar-refractivity contribution >= 4 is 17.9 Å². The van der Waals surface area contributed by atoms with Gasteiger partial charge in [-0.2, -0.15) is 0 Å². The van der Waals surface area contributed by atoms with Crippen LogP contribution in [-0.4, -0.2) is 37.2 Å². The molecule has 0 aliphatic heterocycles. The Morgan fingerprint density at radius 3 is 0.836 bits per heavy atom. The maximum absolute atomic E-state index is 12.8. The van der Waals surface area contributed by atoms with E-state index in [9.17, 15) is 14.4 Å². The molecule has 0 aliphatic carbocycles. The third kappa shape index (κ3) is 51.6. The first-order valence-corrected chi connectivity index (χ1v) is 25.6. The Morgan fingerprint density at radius 1 is 0.299 bits per heavy atom. The van der Waals surface area contributed by atoms with Crippen molar-refractivity contribution in [1.29, 1.82) is 0 Å². The van der Waals surface area contributed by atoms with Gasteiger partial charge < -0.3 is 14.2 Å². The van der Waals surface area contributed by atoms with Crippen molar-refractivity contribution in [2.24, 2.45) is 0 Å². The Hall–Kier alpha value is -5.23. The topological polar surface area (TPSA) is 78.9 Å². The fourth-order valence-corrected chi connectivity index (χ4v) is 5.97. The monoisotopic (exact) mass is 919 g/mol. The van der Waals surface area contributed by atoms with Crippen LogP contribution in [-0.2, 0) is 28.6 Å². The van der Waals surface area contributed by atoms with Crippen LogP contribution in [0.5, 0.6) is 0 Å². The summed E-state index contributed by atoms with van der Waals surface area (Å²) in [5.74, 6) is -1.12. The molecule has 0 N–H and O–H groups in total. The van der Waals surface area contributed by atoms with Gasteiger partial charge in [0.25, 0.3) is 0 Å². The van der Waals surface area contributed by atoms with E-state index in [2.05, 4.69) is 191 Å². The molecule has 67 heavy (non-hydrogen) atoms. The molecule has 0 spiro atoms. The lowest BCUT2D eigenvalue weighted by Crippen LogP contribution is -2.30. The number of carbonyl (C=O) groups is 3. The average Bonchev–Trinajstić information content (AvgIpc) is 3.33. The number of hydrogen-bond donors (Lipinski definition) is 0. The second-order valence-electron chi connectivity index (χ2n) is 15.9. The van der Waals surface area contributed by atoms with E-state index < -0.39 is 12.1 Å². The predicted octanol–water partition coefficient (Wildman–Crippen LogP) is 17.2. The third-order valence-corrected chi connectivity index (χ3v) is 9.70. The minimum Gasteiger partial charge on any atom is -0.462 e. The Morgan fingerprint density at radius 2 is 0.537 bits per heavy atom. The van der Waals surface area contributed by atoms with Crippen LogP contribution in [0.2, 0.25) is 0 Å². The smallest absolute Gasteiger partial charge is 0.306 e. The number of carbonyl (C=O) groups excluding carboxylic acids is 3. The summed E-state index contributed by atoms with van der Waals surface area (Å²) in [7, 11) is 0. The number of ether oxygens (including phenoxy) is 3. The fraction of sp³-hybridized carbons (Fsp3) is 0.492. The van der Waals surface area contributed by atoms with Crippen molar-refractivity contribution < 1.29 is 28.6 Å². The molecule has 370 valence electrons. The third-order valence-electron chi connectivity index (χ3n) is 9.70. The van der Waals surface area contributed by atoms with E-state index >= 15 is 0 Å². The molecular formula is C61H90O6. The SMILES string of the molecule is CC/C=C\C/C=C\C/C=C\C/C=C\C/C=C\CCCC(=O)OC[C@@H](COC(=O)CCCC/C=C\C/C=C\C/C=C\C/C=C\CC)OC(=O)CCC/C=C\C/C=C\C/C=C\C/C=C\C/C=C\CC. The molecule has 0 heterocycles. The van der Waals surface area contributed by atoms with Gasteiger partial charge in [-0.25, -0.2) is 0 Å². The van der Waals surface area contributed by atoms with Crippen molar-refractivity contribution in [2.75, 3.05) is 13.2 Å². The minimum atomic E-state index is -0.857. The van der Waals surface area contributed by atoms with Crippen molar-refractivity contribution in [3.05, 3.63) is 170 Å². The highest BCUT2D eigenvalue weighted by molar-refractivity contribution is 5.71. The highest BCUT2D eigenvalue weighted by Gasteiger charge is 2.19. The largest absolute Gasteiger partial charge is 0.462 e. The molecule has 0 aromatic heterocycles. The first-order chi connectivity index (χ1) is 33.0. The van der Waals surface area contributed by atoms with Gasteiger partial charge in [0.2, 0.25) is 0 Å². The number of allylic oxidation sites excluding steroid dienone is 28. The van der Waals surface area contributed by atoms with E-state index in [1.54, 1.807) is 0 Å². The van der Waals surface area contributed by atoms with Crippen LogP contribution in [0.15, 0.2) is 170 Å². The van der Waals surface area contributed by atoms with Crippen LogP contribution in [0.25, 0.3) is 0 Å². The fourth-order valence-electron chi connectivity index (χ4n) is 5.97. The van der Waals surface area contributed by atoms with Crippen molar-refractivity contribution in [1.82, 2.24) is 0 Å². The summed E-state index contributed by atoms with van der Waals surface area (Å²) in [5.41, 5.74) is 0. The molecule has 0 unspecified atom stereocenters. The van der Waals surface area contributed by atoms with Crippen molar-refractivity contribution in [3.63, 3.8) is 0 Å². The Kier molecular flexibility index (Phi) is 49.2. The summed E-state index contributed by atoms with van der Waals surface area (Å²) in [6.45, 7) is 6.12. The van der Waals surface area contributed by atoms with Gasteiger partial charge in [0.05, 0.1) is 0 Å². The number of esters is 3. The first-order valence-electron chi connectivity index (χ1n) is 25.6. The average molecular weight is 919 g/mol. The van der Waals surface area contributed by atoms with Gasteiger partial charge in [0.15, 0.2) is 6.10 Å². The molecule has 6 heteroatoms. The lowest BCUT2D eigenvalue weighted by Gasteiger charge is -2.18. The van der Waals surface area contributed by atoms with Gasteiger partial charge in [-0.15, -0.1) is 0 Å². The zero-order chi connectivity index (χ0) is 48.6. The standard InChI is InChI=1S/C61H90O6/c1-4-7-10-13-16-19-22-25-28-30-33-36-39-42-45-48-51-54-60(63)66-57-58(56-65-59(62)53-50-47-44-41-38-35-32-27-24-21-18-15-12-9-6-3)67-61(64)55-52-49-46-43-40-37-34-31-29-26-23-20-17-14-11-8-5-2/h7-12,16-21,25-29,32-34,36-38,41-43,45-46,58H,4-6,13-15,22-24,30-31,35,39-40,44,47-57H2,1-3H3/b10-7-,11-8-,12-9-,19-16-,20-17-,21-18-,28-25-,29-26-,32-27-,36-33-,37-34-,41-38-,45-42-,46-43-/t58-/m1/s1. The summed E-state index contributed by atoms with van der Waals surface area (Å²) in [5, 5.41) is 0. The van der Waals surface area contributed by atoms with Crippen molar-refractivity contribution in [2.45, 2.75) is 181 Å². The molecule has 0 radical (unpaired) electrons. The summed E-state index contributed by atoms with van der Waals surface area (Å²) < 4.78 is 16.7. The van der Waals surface area contributed by atoms with Gasteiger partial charge in [0.1, 0.15) is 13.2 Å². The summed E-state index contributed by atoms with van der Waals surface area (Å²) in [6, 6.07) is 0. The van der Waals surface area contributed by atoms with E-state index in [1.165, 1.54) is 0 Å². The van der Waals surface area contributed by atoms with Gasteiger partial charge >= 0.3 is 17.9 Å². The van der Waals surface area contributed by atoms with Gasteiger partial charge in [0, 0.05) is 19.3 Å². The highest BCUT2D eigenvalue weighted by atomic mass is 16.6. The maximum Gasteiger partial charge on any atom is 0.306 e. The van der Waals surface area contributed by atoms with E-state index in [4.69, 9.17) is 14.2 Å². The molecule has 0 aromatic rings. The van der Waals surface area contributed by atoms with E-state index in [-0.39, 0.29) is 44.4 Å². The van der Waals surface area contributed by atoms with Crippen LogP contribution < -0.4 is 0 Å². The molecule has 0 bridgehead atoms. The lowest BCUT2D eigenvalue weighted by atomic mass is 10.2. The first kappa shape index (κ1) is 61.8. The van der Waals surface area contributed by atoms with Crippen LogP contribution in [0, 0.1) is 0 Å². The van der Waals surface area contributed by atoms with Gasteiger partial charge in [-0.1, -0.05) is 191 Å². The summed E-state index contributed by atoms with van der Waals surface area (Å²) in [6.07, 6.45) is 79.2. The lowest BCUT2D eigenvalue weighted by molar-refractivity contribution is -0.167. The zero-order valence-electron chi connectivity index (χ0n) is 42.1. The predicted molar refractivity (Wildman–Crippen MR) is 288 cm³/mol. The number of unbranched alkanes of at least 4 members (excludes halogenated alkanes) is 4. The Bertz CT molecular complexity index is 1620. The Balaban J connectivity index is 4.69. The number of rotatable bonds is 43. The van der Waals surface area contributed by atoms with Gasteiger partial charge in [-0.3, -0.25) is 14.4 Å². The van der Waals surface area contributed by atoms with Gasteiger partial charge in [-0.05, 0) is 135 Å². The quantitative estimate of drug-likeness (QED) is 0.0262. The molecule has 0 saturated carbocycles. The number of hydrogen-bond acceptors (Lipinski definition) is 6. The van der Waals surface area contributed by atoms with E-state index in [0.717, 1.165) is 116 Å². The van der Waals surface area contributed by atoms with E-state index in [0.29, 0.717) is 19.3 Å². The van der Waals surface area contributed by atoms with Crippen LogP contribution in [0.4, 0.5) is 0 Å². The van der Waals surface area contributed by atoms with Crippen LogP contribution in [0.1, 0.15) is 175 Å². The molecule has 0 saturated heterocycles. The molecule has 0 rings (SSSR count). The normalized spacial score (nSPS) is 13.5. The van der Waals surface area contributed by atoms with E-state index in [1.807, 2.05) is 0 Å². The molecule has 1 atom stereocenters. The second-order valence-corrected chi connectivity index (χ2v) is 15.9. The maximum atomic E-state index is 12.8. The second kappa shape index (κ2) is 53.4. The molecule has 0 fully saturated rings. The summed E-state index contributed by atoms with van der Waals surface area (Å²) >= 11 is 0. The molecule has 0 amide bonds. The molecule has 0 aliphatic rings. The van der Waals surface area contributed by atoms with Crippen LogP contribution in [0.3, 0.4) is 0 Å². The molecular weight excluding hydrogens is 829 g/mol. The van der Waals surface area contributed by atoms with Crippen LogP contribution >= 0.6 is 0 Å². The molecule has 0 aromatic carbocycles. The van der Waals surface area contributed by atoms with Crippen molar-refractivity contribution in [3.8, 4) is 0 Å². The zero-order valence-corrected chi connectivity index (χ0v) is 42.1. The molecule has 6 nitrogen and oxygen atoms in total. The highest BCUT2D eigenvalue weighted by Crippen LogP contribution is 2.09. The summed E-state index contributed by atoms with van der Waals surface area (Å²) in [4.78, 5) is 38.0. The minimum absolute atomic E-state index is 0.149. The Labute approximate surface area is 409 Å².